The van der Waals surface area contributed by atoms with Crippen LogP contribution in [-0.2, 0) is 11.3 Å². The number of non-ortho nitro benzene ring substituents is 1. The van der Waals surface area contributed by atoms with E-state index in [9.17, 15) is 14.9 Å². The molecule has 0 bridgehead atoms. The molecule has 2 aromatic carbocycles. The van der Waals surface area contributed by atoms with Crippen LogP contribution in [-0.4, -0.2) is 32.5 Å². The molecule has 8 heteroatoms. The molecule has 6 nitrogen and oxygen atoms in total. The summed E-state index contributed by atoms with van der Waals surface area (Å²) < 4.78 is 1.49. The monoisotopic (exact) mass is 401 g/mol. The highest BCUT2D eigenvalue weighted by molar-refractivity contribution is 8.01. The summed E-state index contributed by atoms with van der Waals surface area (Å²) in [6.07, 6.45) is 0. The molecule has 0 radical (unpaired) electrons. The summed E-state index contributed by atoms with van der Waals surface area (Å²) in [4.78, 5) is 29.5. The van der Waals surface area contributed by atoms with Crippen molar-refractivity contribution in [2.45, 2.75) is 30.8 Å². The summed E-state index contributed by atoms with van der Waals surface area (Å²) in [6.45, 7) is 4.58. The predicted octanol–water partition coefficient (Wildman–Crippen LogP) is 4.73. The molecule has 1 heterocycles. The smallest absolute Gasteiger partial charge is 0.270 e. The van der Waals surface area contributed by atoms with Crippen molar-refractivity contribution in [3.8, 4) is 0 Å². The van der Waals surface area contributed by atoms with E-state index >= 15 is 0 Å². The van der Waals surface area contributed by atoms with Gasteiger partial charge in [0.05, 0.1) is 20.9 Å². The number of nitro benzene ring substituents is 1. The molecule has 0 aliphatic carbocycles. The molecular weight excluding hydrogens is 382 g/mol. The van der Waals surface area contributed by atoms with Gasteiger partial charge in [-0.2, -0.15) is 0 Å². The first-order valence-corrected chi connectivity index (χ1v) is 10.3. The van der Waals surface area contributed by atoms with Gasteiger partial charge in [0, 0.05) is 24.7 Å². The Morgan fingerprint density at radius 2 is 2.00 bits per heavy atom. The Morgan fingerprint density at radius 1 is 1.26 bits per heavy atom. The van der Waals surface area contributed by atoms with E-state index in [4.69, 9.17) is 0 Å². The van der Waals surface area contributed by atoms with Crippen LogP contribution in [0.4, 0.5) is 5.69 Å². The second-order valence-electron chi connectivity index (χ2n) is 6.28. The minimum Gasteiger partial charge on any atom is -0.335 e. The van der Waals surface area contributed by atoms with Crippen molar-refractivity contribution in [2.75, 3.05) is 5.75 Å². The highest BCUT2D eigenvalue weighted by atomic mass is 32.2. The van der Waals surface area contributed by atoms with E-state index in [-0.39, 0.29) is 23.4 Å². The summed E-state index contributed by atoms with van der Waals surface area (Å²) in [7, 11) is 0. The van der Waals surface area contributed by atoms with Crippen molar-refractivity contribution in [1.82, 2.24) is 9.88 Å². The molecule has 0 saturated heterocycles. The van der Waals surface area contributed by atoms with Gasteiger partial charge >= 0.3 is 0 Å². The van der Waals surface area contributed by atoms with E-state index in [1.807, 2.05) is 49.1 Å². The van der Waals surface area contributed by atoms with Gasteiger partial charge in [-0.1, -0.05) is 42.1 Å². The highest BCUT2D eigenvalue weighted by Gasteiger charge is 2.18. The maximum atomic E-state index is 12.7. The quantitative estimate of drug-likeness (QED) is 0.325. The molecular formula is C19H19N3O3S2. The first-order chi connectivity index (χ1) is 12.9. The number of aromatic nitrogens is 1. The van der Waals surface area contributed by atoms with Crippen molar-refractivity contribution in [3.63, 3.8) is 0 Å². The standard InChI is InChI=1S/C19H19N3O3S2/c1-13(2)21(11-14-6-4-3-5-7-14)18(23)12-26-19-20-16-9-8-15(22(24)25)10-17(16)27-19/h3-10,13H,11-12H2,1-2H3. The van der Waals surface area contributed by atoms with Crippen LogP contribution in [0, 0.1) is 10.1 Å². The molecule has 1 aromatic heterocycles. The van der Waals surface area contributed by atoms with E-state index in [1.54, 1.807) is 6.07 Å². The minimum absolute atomic E-state index is 0.0455. The lowest BCUT2D eigenvalue weighted by atomic mass is 10.2. The Balaban J connectivity index is 1.68. The number of nitro groups is 1. The summed E-state index contributed by atoms with van der Waals surface area (Å²) in [5.41, 5.74) is 1.86. The maximum Gasteiger partial charge on any atom is 0.270 e. The molecule has 3 rings (SSSR count). The summed E-state index contributed by atoms with van der Waals surface area (Å²) >= 11 is 2.74. The van der Waals surface area contributed by atoms with Gasteiger partial charge in [-0.15, -0.1) is 11.3 Å². The number of amides is 1. The Hall–Kier alpha value is -2.45. The molecule has 0 fully saturated rings. The van der Waals surface area contributed by atoms with Gasteiger partial charge in [-0.25, -0.2) is 4.98 Å². The fourth-order valence-corrected chi connectivity index (χ4v) is 4.60. The summed E-state index contributed by atoms with van der Waals surface area (Å²) in [6, 6.07) is 14.6. The topological polar surface area (TPSA) is 76.3 Å². The molecule has 0 atom stereocenters. The summed E-state index contributed by atoms with van der Waals surface area (Å²) in [5.74, 6) is 0.330. The highest BCUT2D eigenvalue weighted by Crippen LogP contribution is 2.32. The lowest BCUT2D eigenvalue weighted by Crippen LogP contribution is -2.37. The van der Waals surface area contributed by atoms with Crippen LogP contribution in [0.5, 0.6) is 0 Å². The minimum atomic E-state index is -0.417. The average molecular weight is 402 g/mol. The van der Waals surface area contributed by atoms with Crippen LogP contribution in [0.3, 0.4) is 0 Å². The second kappa shape index (κ2) is 8.49. The Labute approximate surface area is 165 Å². The van der Waals surface area contributed by atoms with Crippen LogP contribution in [0.1, 0.15) is 19.4 Å². The van der Waals surface area contributed by atoms with Crippen molar-refractivity contribution in [1.29, 1.82) is 0 Å². The van der Waals surface area contributed by atoms with Gasteiger partial charge in [-0.3, -0.25) is 14.9 Å². The van der Waals surface area contributed by atoms with Crippen LogP contribution < -0.4 is 0 Å². The fourth-order valence-electron chi connectivity index (χ4n) is 2.61. The number of benzene rings is 2. The van der Waals surface area contributed by atoms with Crippen LogP contribution >= 0.6 is 23.1 Å². The third-order valence-electron chi connectivity index (χ3n) is 4.02. The van der Waals surface area contributed by atoms with Crippen molar-refractivity contribution < 1.29 is 9.72 Å². The molecule has 0 unspecified atom stereocenters. The van der Waals surface area contributed by atoms with Crippen molar-refractivity contribution in [3.05, 3.63) is 64.2 Å². The first kappa shape index (κ1) is 19.3. The fraction of sp³-hybridized carbons (Fsp3) is 0.263. The van der Waals surface area contributed by atoms with E-state index < -0.39 is 4.92 Å². The van der Waals surface area contributed by atoms with Gasteiger partial charge in [-0.05, 0) is 25.5 Å². The van der Waals surface area contributed by atoms with Gasteiger partial charge in [0.15, 0.2) is 4.34 Å². The molecule has 27 heavy (non-hydrogen) atoms. The zero-order valence-corrected chi connectivity index (χ0v) is 16.6. The number of rotatable bonds is 7. The normalized spacial score (nSPS) is 11.1. The molecule has 0 aliphatic heterocycles. The largest absolute Gasteiger partial charge is 0.335 e. The third kappa shape index (κ3) is 4.84. The van der Waals surface area contributed by atoms with Gasteiger partial charge < -0.3 is 4.90 Å². The third-order valence-corrected chi connectivity index (χ3v) is 6.17. The van der Waals surface area contributed by atoms with Gasteiger partial charge in [0.1, 0.15) is 0 Å². The molecule has 3 aromatic rings. The molecule has 140 valence electrons. The van der Waals surface area contributed by atoms with Crippen LogP contribution in [0.15, 0.2) is 52.9 Å². The van der Waals surface area contributed by atoms with Gasteiger partial charge in [0.25, 0.3) is 5.69 Å². The first-order valence-electron chi connectivity index (χ1n) is 8.45. The Kier molecular flexibility index (Phi) is 6.08. The molecule has 0 saturated carbocycles. The number of hydrogen-bond acceptors (Lipinski definition) is 6. The Bertz CT molecular complexity index is 957. The molecule has 0 spiro atoms. The molecule has 0 N–H and O–H groups in total. The molecule has 0 aliphatic rings. The van der Waals surface area contributed by atoms with Gasteiger partial charge in [0.2, 0.25) is 5.91 Å². The van der Waals surface area contributed by atoms with E-state index in [1.165, 1.54) is 35.2 Å². The summed E-state index contributed by atoms with van der Waals surface area (Å²) in [5, 5.41) is 10.9. The van der Waals surface area contributed by atoms with Crippen LogP contribution in [0.2, 0.25) is 0 Å². The maximum absolute atomic E-state index is 12.7. The number of carbonyl (C=O) groups is 1. The lowest BCUT2D eigenvalue weighted by Gasteiger charge is -2.26. The van der Waals surface area contributed by atoms with Crippen molar-refractivity contribution in [2.24, 2.45) is 0 Å². The van der Waals surface area contributed by atoms with E-state index in [0.717, 1.165) is 14.6 Å². The van der Waals surface area contributed by atoms with Crippen LogP contribution in [0.25, 0.3) is 10.2 Å². The number of nitrogens with zero attached hydrogens (tertiary/aromatic N) is 3. The number of hydrogen-bond donors (Lipinski definition) is 0. The Morgan fingerprint density at radius 3 is 2.67 bits per heavy atom. The van der Waals surface area contributed by atoms with Crippen molar-refractivity contribution >= 4 is 44.9 Å². The van der Waals surface area contributed by atoms with E-state index in [0.29, 0.717) is 12.1 Å². The number of thiazole rings is 1. The zero-order chi connectivity index (χ0) is 19.4. The average Bonchev–Trinajstić information content (AvgIpc) is 3.06. The second-order valence-corrected chi connectivity index (χ2v) is 8.53. The zero-order valence-electron chi connectivity index (χ0n) is 15.0. The number of fused-ring (bicyclic) bond motifs is 1. The SMILES string of the molecule is CC(C)N(Cc1ccccc1)C(=O)CSc1nc2ccc([N+](=O)[O-])cc2s1. The molecule has 1 amide bonds. The predicted molar refractivity (Wildman–Crippen MR) is 109 cm³/mol. The lowest BCUT2D eigenvalue weighted by molar-refractivity contribution is -0.384. The number of carbonyl (C=O) groups excluding carboxylic acids is 1. The van der Waals surface area contributed by atoms with E-state index in [2.05, 4.69) is 4.98 Å². The number of thioether (sulfide) groups is 1.